The highest BCUT2D eigenvalue weighted by Gasteiger charge is 2.17. The Hall–Kier alpha value is -2.37. The predicted octanol–water partition coefficient (Wildman–Crippen LogP) is 1.57. The van der Waals surface area contributed by atoms with Crippen LogP contribution in [0.15, 0.2) is 28.2 Å². The summed E-state index contributed by atoms with van der Waals surface area (Å²) < 4.78 is 6.02. The maximum absolute atomic E-state index is 12.7. The molecule has 0 spiro atoms. The normalized spacial score (nSPS) is 13.3. The summed E-state index contributed by atoms with van der Waals surface area (Å²) in [7, 11) is 1.27. The summed E-state index contributed by atoms with van der Waals surface area (Å²) in [4.78, 5) is 28.8. The molecule has 1 heterocycles. The van der Waals surface area contributed by atoms with Gasteiger partial charge in [-0.15, -0.1) is 0 Å². The Kier molecular flexibility index (Phi) is 5.59. The number of esters is 1. The fourth-order valence-electron chi connectivity index (χ4n) is 2.15. The Morgan fingerprint density at radius 2 is 2.21 bits per heavy atom. The van der Waals surface area contributed by atoms with E-state index < -0.39 is 17.3 Å². The van der Waals surface area contributed by atoms with Crippen LogP contribution in [0.5, 0.6) is 0 Å². The number of aromatic nitrogens is 2. The SMILES string of the molecule is COC(=O)c1ccc2c(=O)n(C[C@@H](C)O)c(S[C@@H](C)C#N)nc2c1. The van der Waals surface area contributed by atoms with Crippen molar-refractivity contribution in [1.82, 2.24) is 9.55 Å². The van der Waals surface area contributed by atoms with E-state index >= 15 is 0 Å². The molecule has 7 nitrogen and oxygen atoms in total. The van der Waals surface area contributed by atoms with E-state index in [0.717, 1.165) is 11.8 Å². The molecule has 0 saturated heterocycles. The summed E-state index contributed by atoms with van der Waals surface area (Å²) in [5.41, 5.74) is 0.303. The zero-order chi connectivity index (χ0) is 17.9. The maximum atomic E-state index is 12.7. The van der Waals surface area contributed by atoms with Crippen LogP contribution < -0.4 is 5.56 Å². The van der Waals surface area contributed by atoms with E-state index in [0.29, 0.717) is 16.1 Å². The smallest absolute Gasteiger partial charge is 0.337 e. The van der Waals surface area contributed by atoms with Crippen molar-refractivity contribution < 1.29 is 14.6 Å². The van der Waals surface area contributed by atoms with Crippen molar-refractivity contribution in [2.75, 3.05) is 7.11 Å². The number of nitriles is 1. The Morgan fingerprint density at radius 3 is 2.79 bits per heavy atom. The second kappa shape index (κ2) is 7.47. The molecule has 24 heavy (non-hydrogen) atoms. The van der Waals surface area contributed by atoms with Crippen molar-refractivity contribution >= 4 is 28.6 Å². The molecule has 1 aromatic heterocycles. The van der Waals surface area contributed by atoms with Gasteiger partial charge in [0.1, 0.15) is 0 Å². The molecule has 2 rings (SSSR count). The van der Waals surface area contributed by atoms with Crippen molar-refractivity contribution in [1.29, 1.82) is 5.26 Å². The Balaban J connectivity index is 2.67. The molecule has 0 aliphatic heterocycles. The van der Waals surface area contributed by atoms with Crippen LogP contribution in [0.25, 0.3) is 10.9 Å². The number of methoxy groups -OCH3 is 1. The van der Waals surface area contributed by atoms with Gasteiger partial charge in [-0.3, -0.25) is 9.36 Å². The van der Waals surface area contributed by atoms with Crippen molar-refractivity contribution in [2.45, 2.75) is 36.9 Å². The first-order valence-corrected chi connectivity index (χ1v) is 8.12. The number of aliphatic hydroxyl groups is 1. The van der Waals surface area contributed by atoms with Crippen LogP contribution in [0.4, 0.5) is 0 Å². The number of carbonyl (C=O) groups excluding carboxylic acids is 1. The predicted molar refractivity (Wildman–Crippen MR) is 90.0 cm³/mol. The molecule has 8 heteroatoms. The van der Waals surface area contributed by atoms with Crippen molar-refractivity contribution in [3.63, 3.8) is 0 Å². The monoisotopic (exact) mass is 347 g/mol. The van der Waals surface area contributed by atoms with Gasteiger partial charge >= 0.3 is 5.97 Å². The first-order chi connectivity index (χ1) is 11.4. The van der Waals surface area contributed by atoms with E-state index in [1.54, 1.807) is 13.8 Å². The molecule has 0 aliphatic rings. The lowest BCUT2D eigenvalue weighted by atomic mass is 10.1. The van der Waals surface area contributed by atoms with Gasteiger partial charge in [0.15, 0.2) is 5.16 Å². The third-order valence-corrected chi connectivity index (χ3v) is 4.23. The number of carbonyl (C=O) groups is 1. The van der Waals surface area contributed by atoms with E-state index in [9.17, 15) is 14.7 Å². The summed E-state index contributed by atoms with van der Waals surface area (Å²) in [5, 5.41) is 18.9. The summed E-state index contributed by atoms with van der Waals surface area (Å²) in [5.74, 6) is -0.522. The van der Waals surface area contributed by atoms with Crippen LogP contribution in [-0.2, 0) is 11.3 Å². The van der Waals surface area contributed by atoms with Crippen LogP contribution in [0.3, 0.4) is 0 Å². The average molecular weight is 347 g/mol. The van der Waals surface area contributed by atoms with Crippen LogP contribution in [0.2, 0.25) is 0 Å². The van der Waals surface area contributed by atoms with Gasteiger partial charge in [0.25, 0.3) is 5.56 Å². The second-order valence-electron chi connectivity index (χ2n) is 5.27. The molecule has 0 fully saturated rings. The van der Waals surface area contributed by atoms with E-state index in [1.807, 2.05) is 0 Å². The largest absolute Gasteiger partial charge is 0.465 e. The van der Waals surface area contributed by atoms with Crippen LogP contribution in [0.1, 0.15) is 24.2 Å². The number of nitrogens with zero attached hydrogens (tertiary/aromatic N) is 3. The standard InChI is InChI=1S/C16H17N3O4S/c1-9(20)8-19-14(21)12-5-4-11(15(22)23-3)6-13(12)18-16(19)24-10(2)7-17/h4-6,9-10,20H,8H2,1-3H3/t9-,10+/m1/s1. The highest BCUT2D eigenvalue weighted by atomic mass is 32.2. The van der Waals surface area contributed by atoms with E-state index in [-0.39, 0.29) is 17.7 Å². The molecule has 2 aromatic rings. The van der Waals surface area contributed by atoms with Gasteiger partial charge in [-0.2, -0.15) is 5.26 Å². The number of hydrogen-bond acceptors (Lipinski definition) is 7. The van der Waals surface area contributed by atoms with Gasteiger partial charge in [-0.05, 0) is 32.0 Å². The van der Waals surface area contributed by atoms with Crippen LogP contribution in [-0.4, -0.2) is 39.1 Å². The average Bonchev–Trinajstić information content (AvgIpc) is 2.56. The molecular weight excluding hydrogens is 330 g/mol. The van der Waals surface area contributed by atoms with Gasteiger partial charge in [0.05, 0.1) is 47.5 Å². The summed E-state index contributed by atoms with van der Waals surface area (Å²) in [6, 6.07) is 6.56. The molecule has 0 saturated carbocycles. The van der Waals surface area contributed by atoms with Crippen molar-refractivity contribution in [3.8, 4) is 6.07 Å². The van der Waals surface area contributed by atoms with Gasteiger partial charge in [0.2, 0.25) is 0 Å². The van der Waals surface area contributed by atoms with E-state index in [4.69, 9.17) is 5.26 Å². The minimum Gasteiger partial charge on any atom is -0.465 e. The molecule has 0 unspecified atom stereocenters. The highest BCUT2D eigenvalue weighted by molar-refractivity contribution is 8.00. The number of benzene rings is 1. The lowest BCUT2D eigenvalue weighted by Crippen LogP contribution is -2.28. The third-order valence-electron chi connectivity index (χ3n) is 3.25. The molecule has 126 valence electrons. The lowest BCUT2D eigenvalue weighted by molar-refractivity contribution is 0.0601. The lowest BCUT2D eigenvalue weighted by Gasteiger charge is -2.15. The van der Waals surface area contributed by atoms with Gasteiger partial charge in [-0.25, -0.2) is 9.78 Å². The maximum Gasteiger partial charge on any atom is 0.337 e. The van der Waals surface area contributed by atoms with Crippen molar-refractivity contribution in [2.24, 2.45) is 0 Å². The van der Waals surface area contributed by atoms with Crippen LogP contribution >= 0.6 is 11.8 Å². The number of rotatable bonds is 5. The minimum absolute atomic E-state index is 0.0704. The first kappa shape index (κ1) is 18.0. The Bertz CT molecular complexity index is 870. The summed E-state index contributed by atoms with van der Waals surface area (Å²) in [6.07, 6.45) is -0.743. The Labute approximate surface area is 142 Å². The Morgan fingerprint density at radius 1 is 1.50 bits per heavy atom. The fourth-order valence-corrected chi connectivity index (χ4v) is 2.95. The van der Waals surface area contributed by atoms with Gasteiger partial charge in [0, 0.05) is 0 Å². The third kappa shape index (κ3) is 3.75. The number of hydrogen-bond donors (Lipinski definition) is 1. The number of thioether (sulfide) groups is 1. The number of ether oxygens (including phenoxy) is 1. The molecule has 1 aromatic carbocycles. The molecule has 0 bridgehead atoms. The van der Waals surface area contributed by atoms with Crippen molar-refractivity contribution in [3.05, 3.63) is 34.1 Å². The summed E-state index contributed by atoms with van der Waals surface area (Å²) >= 11 is 1.12. The minimum atomic E-state index is -0.743. The van der Waals surface area contributed by atoms with Gasteiger partial charge in [-0.1, -0.05) is 11.8 Å². The van der Waals surface area contributed by atoms with Crippen LogP contribution in [0, 0.1) is 11.3 Å². The van der Waals surface area contributed by atoms with E-state index in [1.165, 1.54) is 29.9 Å². The molecule has 0 amide bonds. The number of fused-ring (bicyclic) bond motifs is 1. The molecule has 0 aliphatic carbocycles. The summed E-state index contributed by atoms with van der Waals surface area (Å²) in [6.45, 7) is 3.33. The zero-order valence-corrected chi connectivity index (χ0v) is 14.3. The molecule has 0 radical (unpaired) electrons. The highest BCUT2D eigenvalue weighted by Crippen LogP contribution is 2.23. The number of aliphatic hydroxyl groups excluding tert-OH is 1. The quantitative estimate of drug-likeness (QED) is 0.497. The topological polar surface area (TPSA) is 105 Å². The zero-order valence-electron chi connectivity index (χ0n) is 13.5. The first-order valence-electron chi connectivity index (χ1n) is 7.24. The fraction of sp³-hybridized carbons (Fsp3) is 0.375. The molecular formula is C16H17N3O4S. The van der Waals surface area contributed by atoms with Gasteiger partial charge < -0.3 is 9.84 Å². The molecule has 1 N–H and O–H groups in total. The molecule has 2 atom stereocenters. The van der Waals surface area contributed by atoms with E-state index in [2.05, 4.69) is 15.8 Å². The second-order valence-corrected chi connectivity index (χ2v) is 6.58.